The second-order valence-corrected chi connectivity index (χ2v) is 7.92. The Balaban J connectivity index is 1.94. The molecule has 0 aromatic heterocycles. The summed E-state index contributed by atoms with van der Waals surface area (Å²) < 4.78 is 28.7. The normalized spacial score (nSPS) is 41.4. The Labute approximate surface area is 109 Å². The second kappa shape index (κ2) is 5.07. The van der Waals surface area contributed by atoms with Crippen LogP contribution in [0.5, 0.6) is 0 Å². The van der Waals surface area contributed by atoms with Crippen LogP contribution in [0.1, 0.15) is 32.6 Å². The molecule has 0 radical (unpaired) electrons. The summed E-state index contributed by atoms with van der Waals surface area (Å²) >= 11 is 0. The molecular weight excluding hydrogens is 254 g/mol. The van der Waals surface area contributed by atoms with Gasteiger partial charge in [-0.05, 0) is 19.8 Å². The van der Waals surface area contributed by atoms with Crippen LogP contribution in [-0.4, -0.2) is 55.9 Å². The monoisotopic (exact) mass is 277 g/mol. The lowest BCUT2D eigenvalue weighted by atomic mass is 9.96. The van der Waals surface area contributed by atoms with E-state index in [1.165, 1.54) is 6.26 Å². The highest BCUT2D eigenvalue weighted by molar-refractivity contribution is 7.91. The van der Waals surface area contributed by atoms with Crippen molar-refractivity contribution in [3.05, 3.63) is 0 Å². The van der Waals surface area contributed by atoms with E-state index in [0.29, 0.717) is 19.6 Å². The molecule has 106 valence electrons. The smallest absolute Gasteiger partial charge is 0.151 e. The van der Waals surface area contributed by atoms with Gasteiger partial charge in [-0.2, -0.15) is 0 Å². The Morgan fingerprint density at radius 3 is 2.72 bits per heavy atom. The summed E-state index contributed by atoms with van der Waals surface area (Å²) in [7, 11) is -3.01. The lowest BCUT2D eigenvalue weighted by Crippen LogP contribution is -2.51. The van der Waals surface area contributed by atoms with Crippen molar-refractivity contribution in [1.29, 1.82) is 0 Å². The average Bonchev–Trinajstić information content (AvgIpc) is 2.84. The van der Waals surface area contributed by atoms with E-state index in [1.807, 2.05) is 6.92 Å². The largest absolute Gasteiger partial charge is 0.386 e. The standard InChI is InChI=1S/C12H23NO4S/c1-9-12(14,6-7-17-9)8-13-10-4-3-5-11(10)18(2,15)16/h9-11,13-14H,3-8H2,1-2H3. The van der Waals surface area contributed by atoms with Gasteiger partial charge in [0.15, 0.2) is 9.84 Å². The van der Waals surface area contributed by atoms with Gasteiger partial charge in [-0.25, -0.2) is 8.42 Å². The zero-order valence-electron chi connectivity index (χ0n) is 11.1. The number of rotatable bonds is 4. The fraction of sp³-hybridized carbons (Fsp3) is 1.00. The SMILES string of the molecule is CC1OCCC1(O)CNC1CCCC1S(C)(=O)=O. The molecule has 1 heterocycles. The Morgan fingerprint density at radius 2 is 2.17 bits per heavy atom. The molecular formula is C12H23NO4S. The number of nitrogens with one attached hydrogen (secondary N) is 1. The van der Waals surface area contributed by atoms with E-state index in [9.17, 15) is 13.5 Å². The van der Waals surface area contributed by atoms with Crippen molar-refractivity contribution in [3.8, 4) is 0 Å². The number of aliphatic hydroxyl groups is 1. The maximum Gasteiger partial charge on any atom is 0.151 e. The summed E-state index contributed by atoms with van der Waals surface area (Å²) in [6.07, 6.45) is 4.23. The van der Waals surface area contributed by atoms with Crippen LogP contribution in [0.15, 0.2) is 0 Å². The highest BCUT2D eigenvalue weighted by Crippen LogP contribution is 2.28. The summed E-state index contributed by atoms with van der Waals surface area (Å²) in [6, 6.07) is -0.0307. The summed E-state index contributed by atoms with van der Waals surface area (Å²) in [5.74, 6) is 0. The van der Waals surface area contributed by atoms with Gasteiger partial charge in [-0.15, -0.1) is 0 Å². The molecule has 18 heavy (non-hydrogen) atoms. The van der Waals surface area contributed by atoms with Gasteiger partial charge in [0.25, 0.3) is 0 Å². The van der Waals surface area contributed by atoms with Gasteiger partial charge < -0.3 is 15.2 Å². The average molecular weight is 277 g/mol. The van der Waals surface area contributed by atoms with E-state index in [1.54, 1.807) is 0 Å². The summed E-state index contributed by atoms with van der Waals surface area (Å²) in [6.45, 7) is 2.84. The number of sulfone groups is 1. The van der Waals surface area contributed by atoms with Crippen molar-refractivity contribution in [3.63, 3.8) is 0 Å². The summed E-state index contributed by atoms with van der Waals surface area (Å²) in [5, 5.41) is 13.3. The molecule has 0 amide bonds. The highest BCUT2D eigenvalue weighted by atomic mass is 32.2. The minimum Gasteiger partial charge on any atom is -0.386 e. The Hall–Kier alpha value is -0.170. The van der Waals surface area contributed by atoms with Gasteiger partial charge in [0.05, 0.1) is 11.4 Å². The molecule has 2 rings (SSSR count). The first kappa shape index (κ1) is 14.2. The molecule has 0 aromatic carbocycles. The first-order valence-electron chi connectivity index (χ1n) is 6.59. The summed E-state index contributed by atoms with van der Waals surface area (Å²) in [4.78, 5) is 0. The van der Waals surface area contributed by atoms with Crippen molar-refractivity contribution >= 4 is 9.84 Å². The fourth-order valence-corrected chi connectivity index (χ4v) is 4.41. The van der Waals surface area contributed by atoms with Crippen molar-refractivity contribution in [2.45, 2.75) is 55.6 Å². The van der Waals surface area contributed by atoms with Crippen LogP contribution in [-0.2, 0) is 14.6 Å². The van der Waals surface area contributed by atoms with Crippen LogP contribution in [0.25, 0.3) is 0 Å². The van der Waals surface area contributed by atoms with Crippen LogP contribution in [0.3, 0.4) is 0 Å². The van der Waals surface area contributed by atoms with Crippen molar-refractivity contribution in [2.75, 3.05) is 19.4 Å². The highest BCUT2D eigenvalue weighted by Gasteiger charge is 2.41. The van der Waals surface area contributed by atoms with Crippen LogP contribution in [0.4, 0.5) is 0 Å². The van der Waals surface area contributed by atoms with Crippen LogP contribution >= 0.6 is 0 Å². The molecule has 4 unspecified atom stereocenters. The second-order valence-electron chi connectivity index (χ2n) is 5.65. The zero-order chi connectivity index (χ0) is 13.4. The molecule has 0 aromatic rings. The number of hydrogen-bond donors (Lipinski definition) is 2. The maximum absolute atomic E-state index is 11.7. The molecule has 1 saturated heterocycles. The molecule has 2 N–H and O–H groups in total. The fourth-order valence-electron chi connectivity index (χ4n) is 2.98. The van der Waals surface area contributed by atoms with Crippen molar-refractivity contribution < 1.29 is 18.3 Å². The lowest BCUT2D eigenvalue weighted by Gasteiger charge is -2.29. The van der Waals surface area contributed by atoms with Gasteiger partial charge in [0.2, 0.25) is 0 Å². The first-order chi connectivity index (χ1) is 8.33. The molecule has 2 fully saturated rings. The predicted octanol–water partition coefficient (Wildman–Crippen LogP) is 0.0816. The molecule has 6 heteroatoms. The van der Waals surface area contributed by atoms with Crippen LogP contribution in [0.2, 0.25) is 0 Å². The molecule has 0 spiro atoms. The molecule has 1 aliphatic heterocycles. The van der Waals surface area contributed by atoms with Crippen LogP contribution < -0.4 is 5.32 Å². The zero-order valence-corrected chi connectivity index (χ0v) is 11.9. The Bertz CT molecular complexity index is 397. The van der Waals surface area contributed by atoms with E-state index < -0.39 is 15.4 Å². The van der Waals surface area contributed by atoms with Gasteiger partial charge >= 0.3 is 0 Å². The number of ether oxygens (including phenoxy) is 1. The molecule has 0 bridgehead atoms. The van der Waals surface area contributed by atoms with Gasteiger partial charge in [0, 0.05) is 31.9 Å². The number of hydrogen-bond acceptors (Lipinski definition) is 5. The van der Waals surface area contributed by atoms with Crippen molar-refractivity contribution in [1.82, 2.24) is 5.32 Å². The van der Waals surface area contributed by atoms with Gasteiger partial charge in [-0.3, -0.25) is 0 Å². The third kappa shape index (κ3) is 2.87. The van der Waals surface area contributed by atoms with E-state index in [4.69, 9.17) is 4.74 Å². The van der Waals surface area contributed by atoms with E-state index in [-0.39, 0.29) is 17.4 Å². The topological polar surface area (TPSA) is 75.6 Å². The third-order valence-corrected chi connectivity index (χ3v) is 6.00. The maximum atomic E-state index is 11.7. The molecule has 4 atom stereocenters. The predicted molar refractivity (Wildman–Crippen MR) is 69.3 cm³/mol. The van der Waals surface area contributed by atoms with E-state index >= 15 is 0 Å². The van der Waals surface area contributed by atoms with Gasteiger partial charge in [0.1, 0.15) is 5.60 Å². The quantitative estimate of drug-likeness (QED) is 0.761. The van der Waals surface area contributed by atoms with E-state index in [0.717, 1.165) is 19.3 Å². The third-order valence-electron chi connectivity index (χ3n) is 4.33. The van der Waals surface area contributed by atoms with E-state index in [2.05, 4.69) is 5.32 Å². The molecule has 5 nitrogen and oxygen atoms in total. The van der Waals surface area contributed by atoms with Gasteiger partial charge in [-0.1, -0.05) is 6.42 Å². The Kier molecular flexibility index (Phi) is 4.02. The Morgan fingerprint density at radius 1 is 1.44 bits per heavy atom. The lowest BCUT2D eigenvalue weighted by molar-refractivity contribution is -0.0275. The minimum atomic E-state index is -3.01. The minimum absolute atomic E-state index is 0.0307. The molecule has 2 aliphatic rings. The van der Waals surface area contributed by atoms with Crippen LogP contribution in [0, 0.1) is 0 Å². The molecule has 1 saturated carbocycles. The molecule has 1 aliphatic carbocycles. The first-order valence-corrected chi connectivity index (χ1v) is 8.55. The summed E-state index contributed by atoms with van der Waals surface area (Å²) in [5.41, 5.74) is -0.857. The van der Waals surface area contributed by atoms with Crippen molar-refractivity contribution in [2.24, 2.45) is 0 Å².